The van der Waals surface area contributed by atoms with E-state index >= 15 is 0 Å². The van der Waals surface area contributed by atoms with E-state index in [1.54, 1.807) is 0 Å². The predicted molar refractivity (Wildman–Crippen MR) is 40.7 cm³/mol. The van der Waals surface area contributed by atoms with Crippen LogP contribution < -0.4 is 0 Å². The fourth-order valence-corrected chi connectivity index (χ4v) is 1.42. The second-order valence-corrected chi connectivity index (χ2v) is 3.30. The van der Waals surface area contributed by atoms with Gasteiger partial charge in [-0.2, -0.15) is 8.78 Å². The minimum absolute atomic E-state index is 0.253. The summed E-state index contributed by atoms with van der Waals surface area (Å²) in [5, 5.41) is 8.18. The second kappa shape index (κ2) is 4.00. The molecule has 1 aliphatic rings. The minimum Gasteiger partial charge on any atom is -0.477 e. The molecule has 13 heavy (non-hydrogen) atoms. The molecule has 1 fully saturated rings. The van der Waals surface area contributed by atoms with E-state index in [4.69, 9.17) is 9.84 Å². The number of carboxylic acids is 1. The third-order valence-electron chi connectivity index (χ3n) is 2.11. The van der Waals surface area contributed by atoms with Crippen LogP contribution in [0.5, 0.6) is 0 Å². The van der Waals surface area contributed by atoms with Crippen LogP contribution in [0.2, 0.25) is 0 Å². The fourth-order valence-electron chi connectivity index (χ4n) is 1.42. The third kappa shape index (κ3) is 2.91. The summed E-state index contributed by atoms with van der Waals surface area (Å²) in [6.07, 6.45) is 0.756. The number of hydrogen-bond acceptors (Lipinski definition) is 2. The van der Waals surface area contributed by atoms with Gasteiger partial charge in [0, 0.05) is 19.6 Å². The van der Waals surface area contributed by atoms with Crippen molar-refractivity contribution < 1.29 is 23.4 Å². The van der Waals surface area contributed by atoms with Gasteiger partial charge in [-0.25, -0.2) is 4.79 Å². The van der Waals surface area contributed by atoms with E-state index in [0.29, 0.717) is 13.0 Å². The largest absolute Gasteiger partial charge is 0.477 e. The molecular formula is C8H12F2O3. The highest BCUT2D eigenvalue weighted by molar-refractivity contribution is 5.75. The fraction of sp³-hybridized carbons (Fsp3) is 0.875. The van der Waals surface area contributed by atoms with Crippen molar-refractivity contribution in [2.75, 3.05) is 13.2 Å². The molecule has 1 N–H and O–H groups in total. The normalized spacial score (nSPS) is 24.3. The molecule has 3 nitrogen and oxygen atoms in total. The molecule has 1 heterocycles. The lowest BCUT2D eigenvalue weighted by molar-refractivity contribution is -0.168. The molecule has 1 aliphatic heterocycles. The number of ether oxygens (including phenoxy) is 1. The van der Waals surface area contributed by atoms with Crippen molar-refractivity contribution in [2.24, 2.45) is 5.92 Å². The van der Waals surface area contributed by atoms with Gasteiger partial charge in [0.2, 0.25) is 0 Å². The topological polar surface area (TPSA) is 46.5 Å². The van der Waals surface area contributed by atoms with Crippen LogP contribution in [0, 0.1) is 5.92 Å². The van der Waals surface area contributed by atoms with E-state index in [-0.39, 0.29) is 12.5 Å². The van der Waals surface area contributed by atoms with E-state index < -0.39 is 18.3 Å². The highest BCUT2D eigenvalue weighted by atomic mass is 19.3. The first-order chi connectivity index (χ1) is 6.02. The summed E-state index contributed by atoms with van der Waals surface area (Å²) < 4.78 is 30.3. The summed E-state index contributed by atoms with van der Waals surface area (Å²) in [4.78, 5) is 10.1. The van der Waals surface area contributed by atoms with Gasteiger partial charge in [-0.15, -0.1) is 0 Å². The van der Waals surface area contributed by atoms with Crippen molar-refractivity contribution in [1.29, 1.82) is 0 Å². The van der Waals surface area contributed by atoms with Crippen LogP contribution in [0.15, 0.2) is 0 Å². The molecule has 1 unspecified atom stereocenters. The molecule has 0 aromatic rings. The van der Waals surface area contributed by atoms with Gasteiger partial charge in [0.05, 0.1) is 0 Å². The smallest absolute Gasteiger partial charge is 0.374 e. The van der Waals surface area contributed by atoms with Gasteiger partial charge in [-0.1, -0.05) is 0 Å². The summed E-state index contributed by atoms with van der Waals surface area (Å²) in [6, 6.07) is 0. The van der Waals surface area contributed by atoms with Crippen molar-refractivity contribution in [2.45, 2.75) is 25.2 Å². The minimum atomic E-state index is -3.61. The van der Waals surface area contributed by atoms with Crippen LogP contribution in [0.25, 0.3) is 0 Å². The Morgan fingerprint density at radius 1 is 1.62 bits per heavy atom. The Morgan fingerprint density at radius 3 is 2.77 bits per heavy atom. The Morgan fingerprint density at radius 2 is 2.31 bits per heavy atom. The Bertz CT molecular complexity index is 188. The zero-order valence-electron chi connectivity index (χ0n) is 7.13. The van der Waals surface area contributed by atoms with Crippen LogP contribution in [-0.2, 0) is 9.53 Å². The molecule has 1 saturated heterocycles. The molecule has 0 aromatic heterocycles. The molecule has 1 rings (SSSR count). The van der Waals surface area contributed by atoms with Gasteiger partial charge >= 0.3 is 11.9 Å². The lowest BCUT2D eigenvalue weighted by Crippen LogP contribution is -2.33. The number of alkyl halides is 2. The van der Waals surface area contributed by atoms with Gasteiger partial charge in [0.1, 0.15) is 0 Å². The molecule has 0 amide bonds. The van der Waals surface area contributed by atoms with Gasteiger partial charge in [0.15, 0.2) is 0 Å². The summed E-state index contributed by atoms with van der Waals surface area (Å²) in [5.41, 5.74) is 0. The molecule has 0 bridgehead atoms. The Labute approximate surface area is 74.7 Å². The Balaban J connectivity index is 2.41. The monoisotopic (exact) mass is 194 g/mol. The first-order valence-electron chi connectivity index (χ1n) is 4.21. The highest BCUT2D eigenvalue weighted by Crippen LogP contribution is 2.28. The first-order valence-corrected chi connectivity index (χ1v) is 4.21. The zero-order chi connectivity index (χ0) is 9.90. The van der Waals surface area contributed by atoms with E-state index in [2.05, 4.69) is 0 Å². The van der Waals surface area contributed by atoms with E-state index in [1.807, 2.05) is 0 Å². The predicted octanol–water partition coefficient (Wildman–Crippen LogP) is 1.52. The van der Waals surface area contributed by atoms with Crippen LogP contribution in [0.1, 0.15) is 19.3 Å². The van der Waals surface area contributed by atoms with Gasteiger partial charge in [-0.3, -0.25) is 0 Å². The molecule has 5 heteroatoms. The van der Waals surface area contributed by atoms with E-state index in [0.717, 1.165) is 6.42 Å². The second-order valence-electron chi connectivity index (χ2n) is 3.30. The maximum atomic E-state index is 12.7. The lowest BCUT2D eigenvalue weighted by Gasteiger charge is -2.24. The Hall–Kier alpha value is -0.710. The van der Waals surface area contributed by atoms with Crippen LogP contribution in [0.4, 0.5) is 8.78 Å². The summed E-state index contributed by atoms with van der Waals surface area (Å²) in [7, 11) is 0. The number of rotatable bonds is 3. The van der Waals surface area contributed by atoms with Crippen LogP contribution >= 0.6 is 0 Å². The van der Waals surface area contributed by atoms with E-state index in [1.165, 1.54) is 0 Å². The van der Waals surface area contributed by atoms with Crippen LogP contribution in [0.3, 0.4) is 0 Å². The molecule has 0 saturated carbocycles. The lowest BCUT2D eigenvalue weighted by atomic mass is 9.95. The molecule has 76 valence electrons. The number of halogens is 2. The van der Waals surface area contributed by atoms with E-state index in [9.17, 15) is 13.6 Å². The van der Waals surface area contributed by atoms with Crippen LogP contribution in [-0.4, -0.2) is 30.2 Å². The van der Waals surface area contributed by atoms with Crippen molar-refractivity contribution in [3.63, 3.8) is 0 Å². The average Bonchev–Trinajstić information content (AvgIpc) is 2.05. The number of hydrogen-bond donors (Lipinski definition) is 1. The maximum Gasteiger partial charge on any atom is 0.374 e. The number of carboxylic acid groups (broad SMARTS) is 1. The number of carbonyl (C=O) groups is 1. The quantitative estimate of drug-likeness (QED) is 0.740. The standard InChI is InChI=1S/C8H12F2O3/c9-8(10,7(11)12)4-6-2-1-3-13-5-6/h6H,1-5H2,(H,11,12). The average molecular weight is 194 g/mol. The Kier molecular flexibility index (Phi) is 3.19. The van der Waals surface area contributed by atoms with Gasteiger partial charge in [0.25, 0.3) is 0 Å². The first kappa shape index (κ1) is 10.4. The zero-order valence-corrected chi connectivity index (χ0v) is 7.13. The summed E-state index contributed by atoms with van der Waals surface area (Å²) >= 11 is 0. The van der Waals surface area contributed by atoms with Gasteiger partial charge < -0.3 is 9.84 Å². The van der Waals surface area contributed by atoms with Crippen molar-refractivity contribution in [3.8, 4) is 0 Å². The van der Waals surface area contributed by atoms with Gasteiger partial charge in [-0.05, 0) is 18.8 Å². The van der Waals surface area contributed by atoms with Crippen molar-refractivity contribution in [1.82, 2.24) is 0 Å². The highest BCUT2D eigenvalue weighted by Gasteiger charge is 2.41. The molecule has 0 radical (unpaired) electrons. The van der Waals surface area contributed by atoms with Crippen molar-refractivity contribution in [3.05, 3.63) is 0 Å². The SMILES string of the molecule is O=C(O)C(F)(F)CC1CCCOC1. The molecule has 0 aliphatic carbocycles. The molecule has 0 aromatic carbocycles. The molecule has 1 atom stereocenters. The van der Waals surface area contributed by atoms with Crippen molar-refractivity contribution >= 4 is 5.97 Å². The maximum absolute atomic E-state index is 12.7. The number of aliphatic carboxylic acids is 1. The summed E-state index contributed by atoms with van der Waals surface area (Å²) in [5.74, 6) is -5.97. The summed E-state index contributed by atoms with van der Waals surface area (Å²) in [6.45, 7) is 0.845. The molecular weight excluding hydrogens is 182 g/mol. The molecule has 0 spiro atoms. The third-order valence-corrected chi connectivity index (χ3v) is 2.11.